The lowest BCUT2D eigenvalue weighted by atomic mass is 9.95. The van der Waals surface area contributed by atoms with Gasteiger partial charge >= 0.3 is 5.97 Å². The number of thioether (sulfide) groups is 2. The number of fused-ring (bicyclic) bond motifs is 5. The quantitative estimate of drug-likeness (QED) is 0.0674. The molecule has 1 fully saturated rings. The predicted octanol–water partition coefficient (Wildman–Crippen LogP) is 4.33. The van der Waals surface area contributed by atoms with Crippen molar-refractivity contribution in [3.63, 3.8) is 0 Å². The third-order valence-electron chi connectivity index (χ3n) is 17.3. The highest BCUT2D eigenvalue weighted by Gasteiger charge is 2.48. The van der Waals surface area contributed by atoms with Crippen molar-refractivity contribution in [2.75, 3.05) is 31.1 Å². The van der Waals surface area contributed by atoms with Gasteiger partial charge in [-0.25, -0.2) is 23.1 Å². The number of benzene rings is 4. The lowest BCUT2D eigenvalue weighted by Gasteiger charge is -2.36. The maximum atomic E-state index is 15.1. The van der Waals surface area contributed by atoms with Gasteiger partial charge in [-0.1, -0.05) is 18.2 Å². The Labute approximate surface area is 581 Å². The summed E-state index contributed by atoms with van der Waals surface area (Å²) in [6, 6.07) is 8.36. The van der Waals surface area contributed by atoms with E-state index in [1.165, 1.54) is 127 Å². The SMILES string of the molecule is C[C@H]1NC(=O)[C@H](CCCCN)NC(=O)CCSCc2cc(F)cc(c2)CSCCNC(=O)[C@]2(C)CCCN2C(=O)[C@H](Cc2ccc(O)cc2)NC(=O)/C(Cc2cnc[nH]2)=N/C(=O)[C@H](CC(=O)O)NC(=O)[C@H](Cc2c[nH]c3ccc(F)cc23)NC(=O)[C@H](Cc2c[nH]c3ccc(F)cc23)NC1=O. The summed E-state index contributed by atoms with van der Waals surface area (Å²) in [5.41, 5.74) is 7.10. The second-order valence-corrected chi connectivity index (χ2v) is 27.0. The number of aliphatic imine (C=N–C) groups is 1. The fraction of sp³-hybridized carbons (Fsp3) is 0.391. The summed E-state index contributed by atoms with van der Waals surface area (Å²) in [5, 5.41) is 39.7. The van der Waals surface area contributed by atoms with E-state index in [4.69, 9.17) is 5.73 Å². The third kappa shape index (κ3) is 20.1. The van der Waals surface area contributed by atoms with Crippen molar-refractivity contribution in [2.45, 2.75) is 138 Å². The number of carbonyl (C=O) groups excluding carboxylic acids is 9. The summed E-state index contributed by atoms with van der Waals surface area (Å²) in [6.07, 6.45) is 4.31. The third-order valence-corrected chi connectivity index (χ3v) is 19.3. The number of hydrogen-bond acceptors (Lipinski definition) is 15. The number of nitrogens with two attached hydrogens (primary N) is 1. The Morgan fingerprint density at radius 1 is 0.680 bits per heavy atom. The van der Waals surface area contributed by atoms with E-state index in [0.29, 0.717) is 75.2 Å². The van der Waals surface area contributed by atoms with Crippen LogP contribution in [0.1, 0.15) is 92.3 Å². The van der Waals surface area contributed by atoms with Gasteiger partial charge in [-0.3, -0.25) is 47.9 Å². The van der Waals surface area contributed by atoms with E-state index in [9.17, 15) is 52.6 Å². The van der Waals surface area contributed by atoms with Crippen LogP contribution in [0.25, 0.3) is 21.8 Å². The molecule has 7 aromatic rings. The van der Waals surface area contributed by atoms with Gasteiger partial charge in [-0.2, -0.15) is 23.5 Å². The largest absolute Gasteiger partial charge is 0.508 e. The molecule has 2 aliphatic rings. The van der Waals surface area contributed by atoms with Crippen molar-refractivity contribution >= 4 is 110 Å². The van der Waals surface area contributed by atoms with Crippen molar-refractivity contribution in [3.05, 3.63) is 155 Å². The molecule has 9 rings (SSSR count). The van der Waals surface area contributed by atoms with Gasteiger partial charge in [-0.05, 0) is 141 Å². The lowest BCUT2D eigenvalue weighted by molar-refractivity contribution is -0.146. The number of nitrogens with zero attached hydrogens (tertiary/aromatic N) is 3. The number of H-pyrrole nitrogens is 3. The number of aliphatic carboxylic acids is 1. The standard InChI is InChI=1S/C69H79F3N14O12S2/c1-38-61(91)81-54(26-42-32-76-51-13-9-44(70)28-49(42)51)63(93)82-55(27-43-33-77-52-14-10-45(71)29-50(43)52)64(94)84-57(31-60(89)90)66(96)83-56(30-47-34-74-37-78-47)65(95)85-58(25-39-7-11-48(87)12-8-39)67(97)86-19-5-16-69(86,2)68(98)75-18-21-100-36-41-22-40(23-46(72)24-41)35-99-20-15-59(88)80-53(62(92)79-38)6-3-4-17-73/h7-14,22-24,28-29,32-34,37-38,53-55,57-58,76-77,87H,3-6,15-21,25-27,30-31,35-36,73H2,1-2H3,(H,74,78)(H,75,98)(H,79,92)(H,80,88)(H,81,91)(H,82,93)(H,84,94)(H,85,95)(H,89,90)/b83-56+/t38-,53+,54+,55+,57+,58+,69+/m1/s1. The number of phenolic OH excluding ortho intramolecular Hbond substituents is 1. The lowest BCUT2D eigenvalue weighted by Crippen LogP contribution is -2.60. The highest BCUT2D eigenvalue weighted by molar-refractivity contribution is 7.98. The van der Waals surface area contributed by atoms with Crippen LogP contribution in [0.5, 0.6) is 5.75 Å². The number of unbranched alkanes of at least 4 members (excludes halogenated alkanes) is 1. The average Bonchev–Trinajstić information content (AvgIpc) is 1.60. The summed E-state index contributed by atoms with van der Waals surface area (Å²) in [6.45, 7) is 3.44. The first-order valence-electron chi connectivity index (χ1n) is 32.6. The topological polar surface area (TPSA) is 397 Å². The van der Waals surface area contributed by atoms with Gasteiger partial charge in [0.2, 0.25) is 41.4 Å². The zero-order valence-electron chi connectivity index (χ0n) is 54.9. The maximum Gasteiger partial charge on any atom is 0.305 e. The first-order valence-corrected chi connectivity index (χ1v) is 34.9. The molecule has 0 aliphatic carbocycles. The molecule has 3 aromatic heterocycles. The van der Waals surface area contributed by atoms with Crippen LogP contribution in [-0.4, -0.2) is 173 Å². The van der Waals surface area contributed by atoms with E-state index >= 15 is 18.8 Å². The molecule has 0 saturated carbocycles. The number of carboxylic acid groups (broad SMARTS) is 1. The Balaban J connectivity index is 1.07. The monoisotopic (exact) mass is 1420 g/mol. The fourth-order valence-corrected chi connectivity index (χ4v) is 13.6. The Kier molecular flexibility index (Phi) is 25.7. The molecule has 14 N–H and O–H groups in total. The maximum absolute atomic E-state index is 15.1. The van der Waals surface area contributed by atoms with Crippen molar-refractivity contribution in [1.29, 1.82) is 0 Å². The molecule has 0 unspecified atom stereocenters. The molecule has 26 nitrogen and oxygen atoms in total. The van der Waals surface area contributed by atoms with Crippen molar-refractivity contribution < 1.29 is 71.3 Å². The Bertz CT molecular complexity index is 4170. The minimum Gasteiger partial charge on any atom is -0.508 e. The Morgan fingerprint density at radius 3 is 1.90 bits per heavy atom. The number of imidazole rings is 1. The first-order chi connectivity index (χ1) is 47.9. The second kappa shape index (κ2) is 34.7. The van der Waals surface area contributed by atoms with Crippen molar-refractivity contribution in [2.24, 2.45) is 10.7 Å². The van der Waals surface area contributed by atoms with Crippen molar-refractivity contribution in [3.8, 4) is 5.75 Å². The molecule has 1 saturated heterocycles. The van der Waals surface area contributed by atoms with Gasteiger partial charge in [0.25, 0.3) is 11.8 Å². The fourth-order valence-electron chi connectivity index (χ4n) is 12.0. The summed E-state index contributed by atoms with van der Waals surface area (Å²) < 4.78 is 44.9. The van der Waals surface area contributed by atoms with E-state index in [1.54, 1.807) is 6.92 Å². The Hall–Kier alpha value is -10.0. The second-order valence-electron chi connectivity index (χ2n) is 24.8. The smallest absolute Gasteiger partial charge is 0.305 e. The minimum atomic E-state index is -2.11. The van der Waals surface area contributed by atoms with Crippen LogP contribution >= 0.6 is 23.5 Å². The summed E-state index contributed by atoms with van der Waals surface area (Å²) in [4.78, 5) is 162. The van der Waals surface area contributed by atoms with Crippen LogP contribution in [0.2, 0.25) is 0 Å². The van der Waals surface area contributed by atoms with Crippen LogP contribution in [0.4, 0.5) is 13.2 Å². The van der Waals surface area contributed by atoms with Crippen molar-refractivity contribution in [1.82, 2.24) is 62.1 Å². The predicted molar refractivity (Wildman–Crippen MR) is 369 cm³/mol. The molecule has 4 aromatic carbocycles. The van der Waals surface area contributed by atoms with Gasteiger partial charge in [0.05, 0.1) is 12.7 Å². The molecule has 9 amide bonds. The Morgan fingerprint density at radius 2 is 1.29 bits per heavy atom. The van der Waals surface area contributed by atoms with E-state index in [2.05, 4.69) is 62.1 Å². The molecular formula is C69H79F3N14O12S2. The van der Waals surface area contributed by atoms with Gasteiger partial charge in [0, 0.05) is 114 Å². The first kappa shape index (κ1) is 74.2. The number of nitrogens with one attached hydrogen (secondary N) is 10. The number of aromatic amines is 3. The number of hydrogen-bond donors (Lipinski definition) is 13. The number of rotatable bonds is 14. The summed E-state index contributed by atoms with van der Waals surface area (Å²) in [7, 11) is 0. The summed E-state index contributed by atoms with van der Waals surface area (Å²) >= 11 is 2.78. The molecule has 7 atom stereocenters. The number of aromatic nitrogens is 4. The van der Waals surface area contributed by atoms with E-state index in [1.807, 2.05) is 6.07 Å². The normalized spacial score (nSPS) is 22.7. The molecule has 5 heterocycles. The number of amides is 9. The average molecular weight is 1420 g/mol. The molecule has 2 bridgehead atoms. The molecule has 0 radical (unpaired) electrons. The summed E-state index contributed by atoms with van der Waals surface area (Å²) in [5.74, 6) is -10.3. The van der Waals surface area contributed by atoms with Gasteiger partial charge < -0.3 is 73.0 Å². The minimum absolute atomic E-state index is 0.0458. The van der Waals surface area contributed by atoms with Crippen LogP contribution in [0.15, 0.2) is 109 Å². The number of carboxylic acids is 1. The number of carbonyl (C=O) groups is 10. The van der Waals surface area contributed by atoms with Crippen LogP contribution in [-0.2, 0) is 85.1 Å². The van der Waals surface area contributed by atoms with E-state index in [0.717, 1.165) is 6.07 Å². The molecule has 31 heteroatoms. The number of phenols is 1. The zero-order valence-corrected chi connectivity index (χ0v) is 56.5. The molecule has 100 heavy (non-hydrogen) atoms. The molecular weight excluding hydrogens is 1340 g/mol. The van der Waals surface area contributed by atoms with Crippen LogP contribution in [0, 0.1) is 17.5 Å². The van der Waals surface area contributed by atoms with E-state index < -0.39 is 150 Å². The highest BCUT2D eigenvalue weighted by atomic mass is 32.2. The van der Waals surface area contributed by atoms with E-state index in [-0.39, 0.29) is 73.5 Å². The molecule has 2 aliphatic heterocycles. The zero-order chi connectivity index (χ0) is 71.6. The highest BCUT2D eigenvalue weighted by Crippen LogP contribution is 2.31. The molecule has 0 spiro atoms. The molecule has 530 valence electrons. The van der Waals surface area contributed by atoms with Crippen LogP contribution < -0.4 is 43.0 Å². The van der Waals surface area contributed by atoms with Gasteiger partial charge in [0.1, 0.15) is 70.7 Å². The van der Waals surface area contributed by atoms with Crippen LogP contribution in [0.3, 0.4) is 0 Å². The van der Waals surface area contributed by atoms with Gasteiger partial charge in [-0.15, -0.1) is 0 Å². The van der Waals surface area contributed by atoms with Gasteiger partial charge in [0.15, 0.2) is 0 Å². The number of aromatic hydroxyl groups is 1. The number of halogens is 3.